The maximum absolute atomic E-state index is 12.7. The quantitative estimate of drug-likeness (QED) is 0.877. The standard InChI is InChI=1S/C22H23NO5/c1-27-14-10-11-23(20(12-14)21(24)25)22(26)28-13-19-17-8-4-2-6-15(17)16-7-3-5-9-18(16)19/h2-9,14,19-20H,10-13H2,1H3,(H,24,25)/t14-,20-/m1/s1. The number of carboxylic acid groups (broad SMARTS) is 1. The third kappa shape index (κ3) is 3.24. The molecule has 1 aliphatic carbocycles. The number of hydrogen-bond acceptors (Lipinski definition) is 4. The number of carbonyl (C=O) groups is 2. The predicted molar refractivity (Wildman–Crippen MR) is 103 cm³/mol. The summed E-state index contributed by atoms with van der Waals surface area (Å²) in [4.78, 5) is 25.6. The van der Waals surface area contributed by atoms with E-state index in [1.165, 1.54) is 4.90 Å². The number of methoxy groups -OCH3 is 1. The van der Waals surface area contributed by atoms with Gasteiger partial charge in [0.05, 0.1) is 6.10 Å². The van der Waals surface area contributed by atoms with E-state index < -0.39 is 18.1 Å². The SMILES string of the molecule is CO[C@@H]1CCN(C(=O)OCC2c3ccccc3-c3ccccc32)[C@@H](C(=O)O)C1. The van der Waals surface area contributed by atoms with E-state index in [-0.39, 0.29) is 25.0 Å². The number of carboxylic acids is 1. The number of rotatable bonds is 4. The van der Waals surface area contributed by atoms with Gasteiger partial charge in [0.1, 0.15) is 12.6 Å². The summed E-state index contributed by atoms with van der Waals surface area (Å²) in [6, 6.07) is 15.3. The number of ether oxygens (including phenoxy) is 2. The number of nitrogens with zero attached hydrogens (tertiary/aromatic N) is 1. The summed E-state index contributed by atoms with van der Waals surface area (Å²) in [7, 11) is 1.56. The molecule has 2 aromatic carbocycles. The molecule has 0 radical (unpaired) electrons. The molecular formula is C22H23NO5. The van der Waals surface area contributed by atoms with Gasteiger partial charge in [0.25, 0.3) is 0 Å². The minimum absolute atomic E-state index is 0.0452. The smallest absolute Gasteiger partial charge is 0.410 e. The van der Waals surface area contributed by atoms with Crippen molar-refractivity contribution in [1.82, 2.24) is 4.90 Å². The van der Waals surface area contributed by atoms with Crippen LogP contribution in [0.2, 0.25) is 0 Å². The van der Waals surface area contributed by atoms with E-state index >= 15 is 0 Å². The zero-order chi connectivity index (χ0) is 19.7. The van der Waals surface area contributed by atoms with E-state index in [1.807, 2.05) is 24.3 Å². The molecule has 6 heteroatoms. The maximum Gasteiger partial charge on any atom is 0.410 e. The molecule has 0 saturated carbocycles. The van der Waals surface area contributed by atoms with Crippen LogP contribution in [0, 0.1) is 0 Å². The van der Waals surface area contributed by atoms with Gasteiger partial charge in [-0.15, -0.1) is 0 Å². The minimum atomic E-state index is -1.03. The highest BCUT2D eigenvalue weighted by Gasteiger charge is 2.38. The van der Waals surface area contributed by atoms with E-state index in [0.29, 0.717) is 13.0 Å². The molecule has 1 N–H and O–H groups in total. The first-order valence-electron chi connectivity index (χ1n) is 9.47. The fourth-order valence-electron chi connectivity index (χ4n) is 4.28. The average Bonchev–Trinajstić information content (AvgIpc) is 3.05. The van der Waals surface area contributed by atoms with Crippen molar-refractivity contribution in [2.75, 3.05) is 20.3 Å². The van der Waals surface area contributed by atoms with Crippen LogP contribution in [0.4, 0.5) is 4.79 Å². The Morgan fingerprint density at radius 3 is 2.25 bits per heavy atom. The second kappa shape index (κ2) is 7.64. The summed E-state index contributed by atoms with van der Waals surface area (Å²) in [6.45, 7) is 0.496. The highest BCUT2D eigenvalue weighted by molar-refractivity contribution is 5.81. The molecule has 2 aliphatic rings. The van der Waals surface area contributed by atoms with Crippen LogP contribution in [0.25, 0.3) is 11.1 Å². The molecule has 1 amide bonds. The number of fused-ring (bicyclic) bond motifs is 3. The van der Waals surface area contributed by atoms with Gasteiger partial charge in [-0.25, -0.2) is 9.59 Å². The zero-order valence-corrected chi connectivity index (χ0v) is 15.7. The van der Waals surface area contributed by atoms with Crippen LogP contribution in [0.1, 0.15) is 29.9 Å². The van der Waals surface area contributed by atoms with Crippen molar-refractivity contribution < 1.29 is 24.2 Å². The summed E-state index contributed by atoms with van der Waals surface area (Å²) in [6.07, 6.45) is 0.142. The highest BCUT2D eigenvalue weighted by atomic mass is 16.6. The topological polar surface area (TPSA) is 76.1 Å². The van der Waals surface area contributed by atoms with Crippen LogP contribution >= 0.6 is 0 Å². The number of amides is 1. The van der Waals surface area contributed by atoms with Gasteiger partial charge >= 0.3 is 12.1 Å². The van der Waals surface area contributed by atoms with Crippen LogP contribution in [0.5, 0.6) is 0 Å². The zero-order valence-electron chi connectivity index (χ0n) is 15.7. The number of hydrogen-bond donors (Lipinski definition) is 1. The van der Waals surface area contributed by atoms with Crippen molar-refractivity contribution in [1.29, 1.82) is 0 Å². The Balaban J connectivity index is 1.50. The molecule has 2 atom stereocenters. The van der Waals surface area contributed by atoms with Gasteiger partial charge < -0.3 is 14.6 Å². The Labute approximate surface area is 163 Å². The molecule has 0 bridgehead atoms. The molecular weight excluding hydrogens is 358 g/mol. The molecule has 1 heterocycles. The summed E-state index contributed by atoms with van der Waals surface area (Å²) in [5.41, 5.74) is 4.57. The van der Waals surface area contributed by atoms with Gasteiger partial charge in [0.2, 0.25) is 0 Å². The van der Waals surface area contributed by atoms with Gasteiger partial charge in [-0.1, -0.05) is 48.5 Å². The predicted octanol–water partition coefficient (Wildman–Crippen LogP) is 3.50. The van der Waals surface area contributed by atoms with E-state index in [0.717, 1.165) is 22.3 Å². The molecule has 0 unspecified atom stereocenters. The van der Waals surface area contributed by atoms with Crippen molar-refractivity contribution in [3.8, 4) is 11.1 Å². The average molecular weight is 381 g/mol. The number of benzene rings is 2. The van der Waals surface area contributed by atoms with E-state index in [2.05, 4.69) is 24.3 Å². The first-order valence-corrected chi connectivity index (χ1v) is 9.47. The lowest BCUT2D eigenvalue weighted by molar-refractivity contribution is -0.146. The second-order valence-electron chi connectivity index (χ2n) is 7.23. The van der Waals surface area contributed by atoms with E-state index in [4.69, 9.17) is 9.47 Å². The summed E-state index contributed by atoms with van der Waals surface area (Å²) >= 11 is 0. The summed E-state index contributed by atoms with van der Waals surface area (Å²) in [5.74, 6) is -1.08. The number of carbonyl (C=O) groups excluding carboxylic acids is 1. The Bertz CT molecular complexity index is 851. The molecule has 0 aromatic heterocycles. The molecule has 4 rings (SSSR count). The Morgan fingerprint density at radius 2 is 1.68 bits per heavy atom. The number of likely N-dealkylation sites (tertiary alicyclic amines) is 1. The first kappa shape index (κ1) is 18.5. The Hall–Kier alpha value is -2.86. The van der Waals surface area contributed by atoms with Crippen LogP contribution in [0.15, 0.2) is 48.5 Å². The van der Waals surface area contributed by atoms with Gasteiger partial charge in [0, 0.05) is 26.0 Å². The van der Waals surface area contributed by atoms with Crippen molar-refractivity contribution in [2.45, 2.75) is 30.9 Å². The molecule has 6 nitrogen and oxygen atoms in total. The van der Waals surface area contributed by atoms with Gasteiger partial charge in [-0.05, 0) is 28.7 Å². The lowest BCUT2D eigenvalue weighted by atomic mass is 9.98. The van der Waals surface area contributed by atoms with Crippen LogP contribution in [-0.2, 0) is 14.3 Å². The molecule has 1 aliphatic heterocycles. The fourth-order valence-corrected chi connectivity index (χ4v) is 4.28. The highest BCUT2D eigenvalue weighted by Crippen LogP contribution is 2.44. The molecule has 2 aromatic rings. The largest absolute Gasteiger partial charge is 0.480 e. The maximum atomic E-state index is 12.7. The van der Waals surface area contributed by atoms with Crippen molar-refractivity contribution in [3.05, 3.63) is 59.7 Å². The van der Waals surface area contributed by atoms with E-state index in [9.17, 15) is 14.7 Å². The number of aliphatic carboxylic acids is 1. The Morgan fingerprint density at radius 1 is 1.07 bits per heavy atom. The van der Waals surface area contributed by atoms with Crippen molar-refractivity contribution >= 4 is 12.1 Å². The lowest BCUT2D eigenvalue weighted by Crippen LogP contribution is -2.52. The lowest BCUT2D eigenvalue weighted by Gasteiger charge is -2.35. The van der Waals surface area contributed by atoms with Crippen LogP contribution < -0.4 is 0 Å². The van der Waals surface area contributed by atoms with Gasteiger partial charge in [-0.2, -0.15) is 0 Å². The van der Waals surface area contributed by atoms with Crippen molar-refractivity contribution in [2.24, 2.45) is 0 Å². The molecule has 146 valence electrons. The first-order chi connectivity index (χ1) is 13.6. The monoisotopic (exact) mass is 381 g/mol. The molecule has 1 saturated heterocycles. The van der Waals surface area contributed by atoms with Gasteiger partial charge in [0.15, 0.2) is 0 Å². The molecule has 0 spiro atoms. The second-order valence-corrected chi connectivity index (χ2v) is 7.23. The number of piperidine rings is 1. The third-order valence-electron chi connectivity index (χ3n) is 5.74. The summed E-state index contributed by atoms with van der Waals surface area (Å²) < 4.78 is 10.9. The normalized spacial score (nSPS) is 21.1. The third-order valence-corrected chi connectivity index (χ3v) is 5.74. The van der Waals surface area contributed by atoms with E-state index in [1.54, 1.807) is 7.11 Å². The van der Waals surface area contributed by atoms with Crippen molar-refractivity contribution in [3.63, 3.8) is 0 Å². The summed E-state index contributed by atoms with van der Waals surface area (Å²) in [5, 5.41) is 9.51. The Kier molecular flexibility index (Phi) is 5.05. The minimum Gasteiger partial charge on any atom is -0.480 e. The molecule has 1 fully saturated rings. The molecule has 28 heavy (non-hydrogen) atoms. The van der Waals surface area contributed by atoms with Gasteiger partial charge in [-0.3, -0.25) is 4.90 Å². The fraction of sp³-hybridized carbons (Fsp3) is 0.364. The van der Waals surface area contributed by atoms with Crippen LogP contribution in [-0.4, -0.2) is 54.5 Å². The van der Waals surface area contributed by atoms with Crippen LogP contribution in [0.3, 0.4) is 0 Å².